The molecule has 0 aromatic heterocycles. The maximum Gasteiger partial charge on any atom is 0.251 e. The Balaban J connectivity index is 1.38. The van der Waals surface area contributed by atoms with E-state index in [1.54, 1.807) is 7.05 Å². The summed E-state index contributed by atoms with van der Waals surface area (Å²) in [5.74, 6) is 0.748. The van der Waals surface area contributed by atoms with Crippen LogP contribution in [0.1, 0.15) is 36.8 Å². The molecule has 0 amide bonds. The van der Waals surface area contributed by atoms with Crippen LogP contribution >= 0.6 is 0 Å². The van der Waals surface area contributed by atoms with E-state index in [0.717, 1.165) is 51.3 Å². The van der Waals surface area contributed by atoms with Gasteiger partial charge in [0.15, 0.2) is 5.96 Å². The molecule has 30 heavy (non-hydrogen) atoms. The SMILES string of the molecule is CN=C(NCc1ccc(CN2CCC(O)CC2)cc1)NC1CCN(CC(F)F)CC1. The Hall–Kier alpha value is -1.77. The van der Waals surface area contributed by atoms with Crippen molar-refractivity contribution in [1.29, 1.82) is 0 Å². The number of aliphatic hydroxyl groups is 1. The van der Waals surface area contributed by atoms with Crippen LogP contribution in [0.2, 0.25) is 0 Å². The number of aliphatic hydroxyl groups excluding tert-OH is 1. The highest BCUT2D eigenvalue weighted by Crippen LogP contribution is 2.15. The number of aliphatic imine (C=N–C) groups is 1. The molecule has 6 nitrogen and oxygen atoms in total. The molecule has 0 radical (unpaired) electrons. The number of piperidine rings is 2. The zero-order chi connectivity index (χ0) is 21.3. The monoisotopic (exact) mass is 423 g/mol. The second-order valence-electron chi connectivity index (χ2n) is 8.36. The smallest absolute Gasteiger partial charge is 0.251 e. The molecule has 0 saturated carbocycles. The number of hydrogen-bond donors (Lipinski definition) is 3. The number of halogens is 2. The molecule has 0 bridgehead atoms. The third-order valence-corrected chi connectivity index (χ3v) is 5.99. The van der Waals surface area contributed by atoms with Gasteiger partial charge in [-0.25, -0.2) is 8.78 Å². The van der Waals surface area contributed by atoms with Crippen LogP contribution in [0.4, 0.5) is 8.78 Å². The number of alkyl halides is 2. The van der Waals surface area contributed by atoms with Crippen molar-refractivity contribution in [2.75, 3.05) is 39.8 Å². The van der Waals surface area contributed by atoms with Crippen LogP contribution in [0, 0.1) is 0 Å². The minimum Gasteiger partial charge on any atom is -0.393 e. The van der Waals surface area contributed by atoms with Gasteiger partial charge in [-0.05, 0) is 36.8 Å². The van der Waals surface area contributed by atoms with E-state index in [9.17, 15) is 13.9 Å². The molecule has 1 aromatic rings. The van der Waals surface area contributed by atoms with E-state index in [-0.39, 0.29) is 18.7 Å². The summed E-state index contributed by atoms with van der Waals surface area (Å²) < 4.78 is 25.0. The highest BCUT2D eigenvalue weighted by molar-refractivity contribution is 5.79. The highest BCUT2D eigenvalue weighted by atomic mass is 19.3. The van der Waals surface area contributed by atoms with Gasteiger partial charge in [-0.2, -0.15) is 0 Å². The largest absolute Gasteiger partial charge is 0.393 e. The van der Waals surface area contributed by atoms with E-state index in [0.29, 0.717) is 19.6 Å². The summed E-state index contributed by atoms with van der Waals surface area (Å²) in [5.41, 5.74) is 2.47. The van der Waals surface area contributed by atoms with E-state index in [1.165, 1.54) is 11.1 Å². The molecule has 3 rings (SSSR count). The lowest BCUT2D eigenvalue weighted by molar-refractivity contribution is 0.0744. The topological polar surface area (TPSA) is 63.1 Å². The molecule has 3 N–H and O–H groups in total. The molecule has 0 aliphatic carbocycles. The first-order valence-corrected chi connectivity index (χ1v) is 11.0. The molecule has 2 fully saturated rings. The Labute approximate surface area is 178 Å². The zero-order valence-corrected chi connectivity index (χ0v) is 17.9. The van der Waals surface area contributed by atoms with Crippen molar-refractivity contribution in [3.63, 3.8) is 0 Å². The van der Waals surface area contributed by atoms with Crippen molar-refractivity contribution >= 4 is 5.96 Å². The summed E-state index contributed by atoms with van der Waals surface area (Å²) in [6.07, 6.45) is 1.01. The second-order valence-corrected chi connectivity index (χ2v) is 8.36. The summed E-state index contributed by atoms with van der Waals surface area (Å²) in [6.45, 7) is 4.76. The fourth-order valence-electron chi connectivity index (χ4n) is 4.13. The number of likely N-dealkylation sites (tertiary alicyclic amines) is 2. The predicted octanol–water partition coefficient (Wildman–Crippen LogP) is 2.04. The van der Waals surface area contributed by atoms with Gasteiger partial charge in [0.05, 0.1) is 12.6 Å². The molecule has 2 heterocycles. The molecule has 1 aromatic carbocycles. The Morgan fingerprint density at radius 3 is 2.23 bits per heavy atom. The van der Waals surface area contributed by atoms with Gasteiger partial charge < -0.3 is 15.7 Å². The van der Waals surface area contributed by atoms with E-state index in [1.807, 2.05) is 4.90 Å². The first-order valence-electron chi connectivity index (χ1n) is 11.0. The fourth-order valence-corrected chi connectivity index (χ4v) is 4.13. The quantitative estimate of drug-likeness (QED) is 0.463. The Morgan fingerprint density at radius 1 is 1.03 bits per heavy atom. The molecule has 2 aliphatic rings. The van der Waals surface area contributed by atoms with Gasteiger partial charge in [0.2, 0.25) is 0 Å². The van der Waals surface area contributed by atoms with Crippen molar-refractivity contribution in [3.05, 3.63) is 35.4 Å². The third-order valence-electron chi connectivity index (χ3n) is 5.99. The molecule has 0 unspecified atom stereocenters. The van der Waals surface area contributed by atoms with Crippen LogP contribution < -0.4 is 10.6 Å². The van der Waals surface area contributed by atoms with Crippen molar-refractivity contribution in [2.24, 2.45) is 4.99 Å². The first-order chi connectivity index (χ1) is 14.5. The fraction of sp³-hybridized carbons (Fsp3) is 0.682. The zero-order valence-electron chi connectivity index (χ0n) is 17.9. The van der Waals surface area contributed by atoms with Gasteiger partial charge >= 0.3 is 0 Å². The summed E-state index contributed by atoms with van der Waals surface area (Å²) in [4.78, 5) is 8.51. The van der Waals surface area contributed by atoms with Crippen molar-refractivity contribution in [1.82, 2.24) is 20.4 Å². The molecule has 2 saturated heterocycles. The normalized spacial score (nSPS) is 20.6. The minimum absolute atomic E-state index is 0.130. The number of nitrogens with one attached hydrogen (secondary N) is 2. The van der Waals surface area contributed by atoms with E-state index >= 15 is 0 Å². The van der Waals surface area contributed by atoms with Crippen LogP contribution in [0.15, 0.2) is 29.3 Å². The van der Waals surface area contributed by atoms with Crippen molar-refractivity contribution < 1.29 is 13.9 Å². The molecular formula is C22H35F2N5O. The maximum atomic E-state index is 12.5. The number of nitrogens with zero attached hydrogens (tertiary/aromatic N) is 3. The molecule has 0 atom stereocenters. The lowest BCUT2D eigenvalue weighted by Crippen LogP contribution is -2.49. The van der Waals surface area contributed by atoms with Crippen LogP contribution in [0.5, 0.6) is 0 Å². The maximum absolute atomic E-state index is 12.5. The number of hydrogen-bond acceptors (Lipinski definition) is 4. The average molecular weight is 424 g/mol. The van der Waals surface area contributed by atoms with Crippen molar-refractivity contribution in [2.45, 2.75) is 57.3 Å². The van der Waals surface area contributed by atoms with E-state index in [4.69, 9.17) is 0 Å². The Morgan fingerprint density at radius 2 is 1.63 bits per heavy atom. The number of guanidine groups is 1. The highest BCUT2D eigenvalue weighted by Gasteiger charge is 2.22. The molecular weight excluding hydrogens is 388 g/mol. The van der Waals surface area contributed by atoms with Crippen LogP contribution in [-0.2, 0) is 13.1 Å². The first kappa shape index (κ1) is 22.9. The van der Waals surface area contributed by atoms with E-state index in [2.05, 4.69) is 44.8 Å². The third kappa shape index (κ3) is 7.49. The van der Waals surface area contributed by atoms with Gasteiger partial charge in [0.25, 0.3) is 6.43 Å². The Kier molecular flexibility index (Phi) is 8.84. The second kappa shape index (κ2) is 11.6. The van der Waals surface area contributed by atoms with Crippen molar-refractivity contribution in [3.8, 4) is 0 Å². The number of benzene rings is 1. The average Bonchev–Trinajstić information content (AvgIpc) is 2.74. The van der Waals surface area contributed by atoms with Crippen LogP contribution in [-0.4, -0.2) is 79.2 Å². The standard InChI is InChI=1S/C22H35F2N5O/c1-25-22(27-19-6-10-29(11-7-19)16-21(23)24)26-14-17-2-4-18(5-3-17)15-28-12-8-20(30)9-13-28/h2-5,19-21,30H,6-16H2,1H3,(H2,25,26,27). The number of rotatable bonds is 7. The van der Waals surface area contributed by atoms with Gasteiger partial charge in [-0.1, -0.05) is 24.3 Å². The predicted molar refractivity (Wildman–Crippen MR) is 116 cm³/mol. The Bertz CT molecular complexity index is 654. The molecule has 168 valence electrons. The van der Waals surface area contributed by atoms with Gasteiger partial charge in [-0.15, -0.1) is 0 Å². The molecule has 8 heteroatoms. The van der Waals surface area contributed by atoms with Gasteiger partial charge in [-0.3, -0.25) is 14.8 Å². The molecule has 2 aliphatic heterocycles. The summed E-state index contributed by atoms with van der Waals surface area (Å²) in [6, 6.07) is 8.86. The lowest BCUT2D eigenvalue weighted by Gasteiger charge is -2.32. The van der Waals surface area contributed by atoms with Crippen LogP contribution in [0.3, 0.4) is 0 Å². The summed E-state index contributed by atoms with van der Waals surface area (Å²) in [7, 11) is 1.75. The molecule has 0 spiro atoms. The van der Waals surface area contributed by atoms with Gasteiger partial charge in [0, 0.05) is 52.4 Å². The minimum atomic E-state index is -2.26. The summed E-state index contributed by atoms with van der Waals surface area (Å²) >= 11 is 0. The van der Waals surface area contributed by atoms with Crippen LogP contribution in [0.25, 0.3) is 0 Å². The van der Waals surface area contributed by atoms with Gasteiger partial charge in [0.1, 0.15) is 0 Å². The summed E-state index contributed by atoms with van der Waals surface area (Å²) in [5, 5.41) is 16.4. The lowest BCUT2D eigenvalue weighted by atomic mass is 10.1. The van der Waals surface area contributed by atoms with E-state index < -0.39 is 6.43 Å².